The van der Waals surface area contributed by atoms with Gasteiger partial charge in [0.2, 0.25) is 0 Å². The van der Waals surface area contributed by atoms with E-state index in [1.54, 1.807) is 0 Å². The number of H-pyrrole nitrogens is 1. The summed E-state index contributed by atoms with van der Waals surface area (Å²) in [5.41, 5.74) is -1.02. The first-order valence-electron chi connectivity index (χ1n) is 15.9. The second kappa shape index (κ2) is 24.8. The summed E-state index contributed by atoms with van der Waals surface area (Å²) in [4.78, 5) is 55.4. The third-order valence-corrected chi connectivity index (χ3v) is 12.2. The van der Waals surface area contributed by atoms with Crippen LogP contribution in [0.4, 0.5) is 0 Å². The minimum atomic E-state index is -5.45. The quantitative estimate of drug-likeness (QED) is 0.0289. The molecule has 1 aliphatic rings. The number of aryl methyl sites for hydroxylation is 1. The molecule has 5 atom stereocenters. The van der Waals surface area contributed by atoms with E-state index in [9.17, 15) is 38.0 Å². The molecule has 0 amide bonds. The van der Waals surface area contributed by atoms with E-state index in [0.29, 0.717) is 6.42 Å². The summed E-state index contributed by atoms with van der Waals surface area (Å²) in [6.45, 7) is 3.09. The van der Waals surface area contributed by atoms with Crippen LogP contribution in [-0.4, -0.2) is 43.1 Å². The van der Waals surface area contributed by atoms with Gasteiger partial charge in [0.05, 0.1) is 12.8 Å². The molecule has 0 spiro atoms. The molecule has 0 bridgehead atoms. The minimum Gasteiger partial charge on any atom is -0.344 e. The van der Waals surface area contributed by atoms with Crippen molar-refractivity contribution in [3.8, 4) is 0 Å². The summed E-state index contributed by atoms with van der Waals surface area (Å²) in [5.74, 6) is 0. The highest BCUT2D eigenvalue weighted by molar-refractivity contribution is 7.68. The molecule has 2 rings (SSSR count). The fourth-order valence-electron chi connectivity index (χ4n) is 4.92. The summed E-state index contributed by atoms with van der Waals surface area (Å²) in [6, 6.07) is 0. The molecule has 284 valence electrons. The number of ether oxygens (including phenoxy) is 1. The van der Waals surface area contributed by atoms with E-state index in [2.05, 4.69) is 20.5 Å². The number of aromatic nitrogens is 2. The Hall–Kier alpha value is -1.29. The molecule has 1 aromatic heterocycles. The highest BCUT2D eigenvalue weighted by Crippen LogP contribution is 2.67. The minimum absolute atomic E-state index is 0. The number of phosphoric acid groups is 2. The fraction of sp³-hybridized carbons (Fsp3) is 0.786. The maximum absolute atomic E-state index is 12.3. The summed E-state index contributed by atoms with van der Waals surface area (Å²) < 4.78 is 56.6. The predicted octanol–water partition coefficient (Wildman–Crippen LogP) is 7.48. The smallest absolute Gasteiger partial charge is 0.344 e. The van der Waals surface area contributed by atoms with Crippen LogP contribution in [0.15, 0.2) is 27.9 Å². The van der Waals surface area contributed by atoms with Gasteiger partial charge in [0.1, 0.15) is 6.10 Å². The van der Waals surface area contributed by atoms with Crippen molar-refractivity contribution in [2.24, 2.45) is 0 Å². The summed E-state index contributed by atoms with van der Waals surface area (Å²) >= 11 is 0. The normalized spacial score (nSPS) is 19.3. The van der Waals surface area contributed by atoms with E-state index < -0.39 is 59.6 Å². The number of rotatable bonds is 25. The molecule has 0 aromatic carbocycles. The molecule has 0 fully saturated rings. The van der Waals surface area contributed by atoms with Gasteiger partial charge in [-0.3, -0.25) is 23.4 Å². The van der Waals surface area contributed by atoms with Crippen LogP contribution in [0.3, 0.4) is 0 Å². The lowest BCUT2D eigenvalue weighted by Crippen LogP contribution is -2.33. The second-order valence-electron chi connectivity index (χ2n) is 11.5. The molecule has 0 saturated carbocycles. The molecular formula is C28H60N5O12P3. The molecule has 3 unspecified atom stereocenters. The lowest BCUT2D eigenvalue weighted by Gasteiger charge is -2.20. The number of nitrogens with zero attached hydrogens (tertiary/aromatic N) is 1. The first-order chi connectivity index (χ1) is 21.2. The van der Waals surface area contributed by atoms with Crippen molar-refractivity contribution in [3.05, 3.63) is 44.8 Å². The van der Waals surface area contributed by atoms with E-state index in [4.69, 9.17) is 9.26 Å². The Morgan fingerprint density at radius 1 is 0.750 bits per heavy atom. The summed E-state index contributed by atoms with van der Waals surface area (Å²) in [6.07, 6.45) is 19.8. The number of nitrogens with one attached hydrogen (secondary N) is 1. The van der Waals surface area contributed by atoms with E-state index in [0.717, 1.165) is 30.3 Å². The van der Waals surface area contributed by atoms with Crippen LogP contribution < -0.4 is 29.7 Å². The van der Waals surface area contributed by atoms with Crippen LogP contribution in [0, 0.1) is 6.92 Å². The molecule has 20 heteroatoms. The zero-order valence-corrected chi connectivity index (χ0v) is 31.2. The first-order valence-corrected chi connectivity index (χ1v) is 20.7. The van der Waals surface area contributed by atoms with Gasteiger partial charge < -0.3 is 37.9 Å². The predicted molar refractivity (Wildman–Crippen MR) is 186 cm³/mol. The van der Waals surface area contributed by atoms with E-state index in [-0.39, 0.29) is 30.4 Å². The van der Waals surface area contributed by atoms with Crippen molar-refractivity contribution in [2.75, 3.05) is 12.8 Å². The molecule has 0 radical (unpaired) electrons. The van der Waals surface area contributed by atoms with Gasteiger partial charge in [0.15, 0.2) is 6.23 Å². The van der Waals surface area contributed by atoms with Gasteiger partial charge in [0.25, 0.3) is 5.56 Å². The maximum Gasteiger partial charge on any atom is 0.488 e. The largest absolute Gasteiger partial charge is 0.488 e. The molecular weight excluding hydrogens is 691 g/mol. The number of hydrogen-bond acceptors (Lipinski definition) is 12. The number of hydrogen-bond donors (Lipinski definition) is 7. The third kappa shape index (κ3) is 20.4. The van der Waals surface area contributed by atoms with Gasteiger partial charge in [-0.05, 0) is 19.4 Å². The molecule has 2 heterocycles. The van der Waals surface area contributed by atoms with Crippen molar-refractivity contribution < 1.29 is 46.3 Å². The van der Waals surface area contributed by atoms with Crippen LogP contribution in [0.5, 0.6) is 0 Å². The average Bonchev–Trinajstić information content (AvgIpc) is 3.41. The van der Waals surface area contributed by atoms with Gasteiger partial charge in [-0.2, -0.15) is 4.31 Å². The molecule has 13 N–H and O–H groups in total. The van der Waals surface area contributed by atoms with E-state index in [1.165, 1.54) is 89.5 Å². The Balaban J connectivity index is 0. The van der Waals surface area contributed by atoms with Gasteiger partial charge in [-0.15, -0.1) is 0 Å². The SMILES string of the molecule is CCCCCCCCCCCCCCCCCCP(=O)(O)OP(=O)(O)OP(=O)(O)OC[C@@H]1C=C[C@H](n2cc(C)c(=O)[nH]c2=O)O1.N.N.N. The highest BCUT2D eigenvalue weighted by Gasteiger charge is 2.41. The summed E-state index contributed by atoms with van der Waals surface area (Å²) in [7, 11) is -15.3. The van der Waals surface area contributed by atoms with Crippen molar-refractivity contribution >= 4 is 23.2 Å². The Morgan fingerprint density at radius 3 is 1.73 bits per heavy atom. The van der Waals surface area contributed by atoms with Gasteiger partial charge in [0, 0.05) is 11.8 Å². The van der Waals surface area contributed by atoms with Gasteiger partial charge in [-0.25, -0.2) is 18.2 Å². The Kier molecular flexibility index (Phi) is 25.2. The molecule has 0 aliphatic carbocycles. The molecule has 48 heavy (non-hydrogen) atoms. The number of aromatic amines is 1. The Morgan fingerprint density at radius 2 is 1.23 bits per heavy atom. The van der Waals surface area contributed by atoms with Crippen LogP contribution in [0.1, 0.15) is 121 Å². The highest BCUT2D eigenvalue weighted by atomic mass is 31.3. The third-order valence-electron chi connectivity index (χ3n) is 7.36. The Bertz CT molecular complexity index is 1330. The first kappa shape index (κ1) is 48.8. The Labute approximate surface area is 283 Å². The number of unbranched alkanes of at least 4 members (excludes halogenated alkanes) is 15. The van der Waals surface area contributed by atoms with Gasteiger partial charge in [-0.1, -0.05) is 109 Å². The monoisotopic (exact) mass is 751 g/mol. The second-order valence-corrected chi connectivity index (χ2v) is 16.7. The zero-order chi connectivity index (χ0) is 33.3. The van der Waals surface area contributed by atoms with Crippen molar-refractivity contribution in [2.45, 2.75) is 129 Å². The summed E-state index contributed by atoms with van der Waals surface area (Å²) in [5, 5.41) is 0. The van der Waals surface area contributed by atoms with E-state index in [1.807, 2.05) is 0 Å². The van der Waals surface area contributed by atoms with Crippen molar-refractivity contribution in [1.29, 1.82) is 0 Å². The standard InChI is InChI=1S/C28H51N2O12P3.3H3N/c1-3-4-5-6-7-8-9-10-11-12-13-14-15-16-17-18-21-43(33,34)41-45(37,38)42-44(35,36)39-23-25-19-20-26(40-25)30-22-24(2)27(31)29-28(30)32;;;/h19-20,22,25-26H,3-18,21,23H2,1-2H3,(H,33,34)(H,35,36)(H,37,38)(H,29,31,32);3*1H3/t25-,26+;;;/m0.../s1. The maximum atomic E-state index is 12.3. The van der Waals surface area contributed by atoms with E-state index >= 15 is 0 Å². The topological polar surface area (TPSA) is 309 Å². The number of phosphoric ester groups is 1. The molecule has 1 aromatic rings. The van der Waals surface area contributed by atoms with Crippen molar-refractivity contribution in [1.82, 2.24) is 28.0 Å². The van der Waals surface area contributed by atoms with Crippen LogP contribution in [0.25, 0.3) is 0 Å². The molecule has 0 saturated heterocycles. The average molecular weight is 752 g/mol. The van der Waals surface area contributed by atoms with Crippen LogP contribution >= 0.6 is 23.2 Å². The molecule has 1 aliphatic heterocycles. The fourth-order valence-corrected chi connectivity index (χ4v) is 9.11. The van der Waals surface area contributed by atoms with Gasteiger partial charge >= 0.3 is 28.9 Å². The van der Waals surface area contributed by atoms with Crippen molar-refractivity contribution in [3.63, 3.8) is 0 Å². The lowest BCUT2D eigenvalue weighted by atomic mass is 10.0. The lowest BCUT2D eigenvalue weighted by molar-refractivity contribution is -0.0104. The van der Waals surface area contributed by atoms with Crippen LogP contribution in [-0.2, 0) is 31.6 Å². The zero-order valence-electron chi connectivity index (χ0n) is 28.5. The van der Waals surface area contributed by atoms with Crippen LogP contribution in [0.2, 0.25) is 0 Å². The molecule has 17 nitrogen and oxygen atoms in total.